The molecule has 2 aromatic carbocycles. The summed E-state index contributed by atoms with van der Waals surface area (Å²) in [6.07, 6.45) is 0. The van der Waals surface area contributed by atoms with Gasteiger partial charge in [-0.2, -0.15) is 5.26 Å². The molecule has 192 valence electrons. The molecular weight excluding hydrogens is 485 g/mol. The van der Waals surface area contributed by atoms with Gasteiger partial charge in [0.25, 0.3) is 0 Å². The maximum Gasteiger partial charge on any atom is 0.337 e. The number of hydrogen-bond donors (Lipinski definition) is 1. The molecule has 3 heterocycles. The van der Waals surface area contributed by atoms with Crippen molar-refractivity contribution >= 4 is 17.0 Å². The summed E-state index contributed by atoms with van der Waals surface area (Å²) in [4.78, 5) is 27.2. The van der Waals surface area contributed by atoms with Crippen LogP contribution in [0.5, 0.6) is 5.88 Å². The number of aryl methyl sites for hydroxylation is 1. The number of carbonyl (C=O) groups excluding carboxylic acids is 1. The molecule has 3 atom stereocenters. The highest BCUT2D eigenvalue weighted by Gasteiger charge is 2.56. The predicted molar refractivity (Wildman–Crippen MR) is 137 cm³/mol. The van der Waals surface area contributed by atoms with Crippen LogP contribution in [-0.4, -0.2) is 46.0 Å². The molecule has 2 aromatic heterocycles. The van der Waals surface area contributed by atoms with Crippen molar-refractivity contribution in [2.24, 2.45) is 11.8 Å². The first-order chi connectivity index (χ1) is 18.4. The highest BCUT2D eigenvalue weighted by molar-refractivity contribution is 5.94. The SMILES string of the molecule is COC(=O)c1cc(C)c2nc(CN3C[C@@H]4[C@H](C3)[C@@H]4c3cccc(OCc4ccc(C#N)cc4F)n3)[nH]c2c1. The number of methoxy groups -OCH3 is 1. The molecular formula is C29H26FN5O3. The molecule has 6 rings (SSSR count). The Morgan fingerprint density at radius 3 is 2.74 bits per heavy atom. The molecule has 1 saturated heterocycles. The van der Waals surface area contributed by atoms with Gasteiger partial charge in [-0.1, -0.05) is 12.1 Å². The predicted octanol–water partition coefficient (Wildman–Crippen LogP) is 4.49. The number of nitrogens with one attached hydrogen (secondary N) is 1. The first kappa shape index (κ1) is 24.1. The number of halogens is 1. The molecule has 1 aliphatic heterocycles. The summed E-state index contributed by atoms with van der Waals surface area (Å²) >= 11 is 0. The van der Waals surface area contributed by atoms with E-state index in [1.807, 2.05) is 25.1 Å². The van der Waals surface area contributed by atoms with Crippen LogP contribution in [-0.2, 0) is 17.9 Å². The van der Waals surface area contributed by atoms with Crippen molar-refractivity contribution in [3.63, 3.8) is 0 Å². The third-order valence-electron chi connectivity index (χ3n) is 7.53. The Morgan fingerprint density at radius 2 is 2.00 bits per heavy atom. The number of ether oxygens (including phenoxy) is 2. The van der Waals surface area contributed by atoms with E-state index in [-0.39, 0.29) is 18.1 Å². The third-order valence-corrected chi connectivity index (χ3v) is 7.53. The molecule has 0 spiro atoms. The number of aromatic nitrogens is 3. The van der Waals surface area contributed by atoms with Gasteiger partial charge in [0.05, 0.1) is 41.9 Å². The zero-order valence-corrected chi connectivity index (χ0v) is 21.1. The second-order valence-corrected chi connectivity index (χ2v) is 10.0. The van der Waals surface area contributed by atoms with Crippen molar-refractivity contribution < 1.29 is 18.7 Å². The Balaban J connectivity index is 1.07. The van der Waals surface area contributed by atoms with Crippen molar-refractivity contribution in [2.75, 3.05) is 20.2 Å². The Morgan fingerprint density at radius 1 is 1.18 bits per heavy atom. The zero-order chi connectivity index (χ0) is 26.4. The number of imidazole rings is 1. The lowest BCUT2D eigenvalue weighted by Crippen LogP contribution is -2.24. The van der Waals surface area contributed by atoms with Crippen molar-refractivity contribution in [3.8, 4) is 11.9 Å². The molecule has 1 N–H and O–H groups in total. The fourth-order valence-corrected chi connectivity index (χ4v) is 5.63. The van der Waals surface area contributed by atoms with E-state index in [0.29, 0.717) is 41.3 Å². The van der Waals surface area contributed by atoms with Crippen LogP contribution in [0.1, 0.15) is 44.5 Å². The standard InChI is InChI=1S/C29H26FN5O3/c1-16-8-19(29(36)37-2)10-24-28(16)34-25(32-24)14-35-12-20-21(13-35)27(20)23-4-3-5-26(33-23)38-15-18-7-6-17(11-31)9-22(18)30/h3-10,20-21,27H,12-15H2,1-2H3,(H,32,34)/t20-,21+,27-. The number of rotatable bonds is 7. The summed E-state index contributed by atoms with van der Waals surface area (Å²) in [5, 5.41) is 8.90. The smallest absolute Gasteiger partial charge is 0.337 e. The van der Waals surface area contributed by atoms with Gasteiger partial charge in [-0.05, 0) is 54.7 Å². The van der Waals surface area contributed by atoms with Crippen LogP contribution in [0.25, 0.3) is 11.0 Å². The van der Waals surface area contributed by atoms with Gasteiger partial charge in [0, 0.05) is 36.3 Å². The monoisotopic (exact) mass is 511 g/mol. The lowest BCUT2D eigenvalue weighted by atomic mass is 10.1. The van der Waals surface area contributed by atoms with E-state index in [9.17, 15) is 9.18 Å². The Kier molecular flexibility index (Phi) is 6.04. The summed E-state index contributed by atoms with van der Waals surface area (Å²) in [5.41, 5.74) is 4.83. The summed E-state index contributed by atoms with van der Waals surface area (Å²) in [6, 6.07) is 15.6. The van der Waals surface area contributed by atoms with Gasteiger partial charge >= 0.3 is 5.97 Å². The number of pyridine rings is 1. The minimum Gasteiger partial charge on any atom is -0.473 e. The molecule has 38 heavy (non-hydrogen) atoms. The van der Waals surface area contributed by atoms with Crippen molar-refractivity contribution in [1.82, 2.24) is 19.9 Å². The number of H-pyrrole nitrogens is 1. The van der Waals surface area contributed by atoms with Crippen molar-refractivity contribution in [2.45, 2.75) is 26.0 Å². The number of aromatic amines is 1. The van der Waals surface area contributed by atoms with E-state index in [2.05, 4.69) is 9.88 Å². The van der Waals surface area contributed by atoms with Crippen LogP contribution in [0, 0.1) is 35.9 Å². The van der Waals surface area contributed by atoms with Crippen LogP contribution in [0.2, 0.25) is 0 Å². The summed E-state index contributed by atoms with van der Waals surface area (Å²) in [6.45, 7) is 4.64. The van der Waals surface area contributed by atoms with Crippen LogP contribution in [0.15, 0.2) is 48.5 Å². The van der Waals surface area contributed by atoms with E-state index >= 15 is 0 Å². The lowest BCUT2D eigenvalue weighted by Gasteiger charge is -2.18. The molecule has 1 saturated carbocycles. The molecule has 9 heteroatoms. The third kappa shape index (κ3) is 4.48. The number of fused-ring (bicyclic) bond motifs is 2. The van der Waals surface area contributed by atoms with Crippen LogP contribution < -0.4 is 4.74 Å². The normalized spacial score (nSPS) is 20.2. The van der Waals surface area contributed by atoms with Crippen molar-refractivity contribution in [3.05, 3.63) is 88.1 Å². The maximum atomic E-state index is 14.2. The van der Waals surface area contributed by atoms with E-state index in [1.54, 1.807) is 30.3 Å². The fourth-order valence-electron chi connectivity index (χ4n) is 5.63. The number of hydrogen-bond acceptors (Lipinski definition) is 7. The number of nitriles is 1. The molecule has 2 aliphatic rings. The largest absolute Gasteiger partial charge is 0.473 e. The molecule has 8 nitrogen and oxygen atoms in total. The second kappa shape index (κ2) is 9.54. The topological polar surface area (TPSA) is 104 Å². The Hall–Kier alpha value is -4.29. The van der Waals surface area contributed by atoms with Crippen LogP contribution >= 0.6 is 0 Å². The van der Waals surface area contributed by atoms with E-state index < -0.39 is 5.82 Å². The molecule has 0 bridgehead atoms. The minimum absolute atomic E-state index is 0.0530. The van der Waals surface area contributed by atoms with E-state index in [1.165, 1.54) is 13.2 Å². The summed E-state index contributed by atoms with van der Waals surface area (Å²) in [7, 11) is 1.38. The number of likely N-dealkylation sites (tertiary alicyclic amines) is 1. The number of esters is 1. The average molecular weight is 512 g/mol. The van der Waals surface area contributed by atoms with E-state index in [0.717, 1.165) is 41.2 Å². The van der Waals surface area contributed by atoms with Crippen LogP contribution in [0.3, 0.4) is 0 Å². The fraction of sp³-hybridized carbons (Fsp3) is 0.310. The first-order valence-corrected chi connectivity index (χ1v) is 12.5. The van der Waals surface area contributed by atoms with Gasteiger partial charge in [-0.25, -0.2) is 19.2 Å². The van der Waals surface area contributed by atoms with Gasteiger partial charge in [0.1, 0.15) is 18.2 Å². The zero-order valence-electron chi connectivity index (χ0n) is 21.1. The van der Waals surface area contributed by atoms with Gasteiger partial charge in [-0.3, -0.25) is 4.90 Å². The highest BCUT2D eigenvalue weighted by Crippen LogP contribution is 2.58. The van der Waals surface area contributed by atoms with Gasteiger partial charge in [0.2, 0.25) is 5.88 Å². The maximum absolute atomic E-state index is 14.2. The quantitative estimate of drug-likeness (QED) is 0.365. The number of piperidine rings is 1. The summed E-state index contributed by atoms with van der Waals surface area (Å²) in [5.74, 6) is 1.99. The van der Waals surface area contributed by atoms with Crippen molar-refractivity contribution in [1.29, 1.82) is 5.26 Å². The number of benzene rings is 2. The summed E-state index contributed by atoms with van der Waals surface area (Å²) < 4.78 is 24.8. The average Bonchev–Trinajstić information content (AvgIpc) is 3.21. The molecule has 0 radical (unpaired) electrons. The molecule has 0 unspecified atom stereocenters. The van der Waals surface area contributed by atoms with Gasteiger partial charge in [-0.15, -0.1) is 0 Å². The highest BCUT2D eigenvalue weighted by atomic mass is 19.1. The molecule has 2 fully saturated rings. The molecule has 4 aromatic rings. The second-order valence-electron chi connectivity index (χ2n) is 10.0. The first-order valence-electron chi connectivity index (χ1n) is 12.5. The molecule has 1 aliphatic carbocycles. The minimum atomic E-state index is -0.458. The van der Waals surface area contributed by atoms with Crippen LogP contribution in [0.4, 0.5) is 4.39 Å². The lowest BCUT2D eigenvalue weighted by molar-refractivity contribution is 0.0600. The molecule has 0 amide bonds. The number of nitrogens with zero attached hydrogens (tertiary/aromatic N) is 4. The Bertz CT molecular complexity index is 1580. The van der Waals surface area contributed by atoms with Gasteiger partial charge in [0.15, 0.2) is 0 Å². The Labute approximate surface area is 219 Å². The van der Waals surface area contributed by atoms with E-state index in [4.69, 9.17) is 24.7 Å². The number of carbonyl (C=O) groups is 1. The van der Waals surface area contributed by atoms with Gasteiger partial charge < -0.3 is 14.5 Å².